The van der Waals surface area contributed by atoms with Gasteiger partial charge in [0.2, 0.25) is 0 Å². The van der Waals surface area contributed by atoms with Crippen molar-refractivity contribution in [3.8, 4) is 11.5 Å². The van der Waals surface area contributed by atoms with Crippen molar-refractivity contribution < 1.29 is 0 Å². The summed E-state index contributed by atoms with van der Waals surface area (Å²) in [6, 6.07) is 4.50. The molecule has 4 heteroatoms. The van der Waals surface area contributed by atoms with Gasteiger partial charge in [0.25, 0.3) is 0 Å². The molecule has 12 heavy (non-hydrogen) atoms. The van der Waals surface area contributed by atoms with Crippen molar-refractivity contribution in [1.82, 2.24) is 19.9 Å². The second-order valence-electron chi connectivity index (χ2n) is 2.10. The highest BCUT2D eigenvalue weighted by molar-refractivity contribution is 5.46. The molecule has 0 saturated heterocycles. The van der Waals surface area contributed by atoms with Crippen LogP contribution in [0.1, 0.15) is 0 Å². The fourth-order valence-electron chi connectivity index (χ4n) is 0.819. The first-order chi connectivity index (χ1) is 5.97. The smallest absolute Gasteiger partial charge is 0.178 e. The van der Waals surface area contributed by atoms with Crippen molar-refractivity contribution in [3.63, 3.8) is 0 Å². The van der Waals surface area contributed by atoms with E-state index in [1.165, 1.54) is 6.33 Å². The molecule has 2 aromatic rings. The summed E-state index contributed by atoms with van der Waals surface area (Å²) in [7, 11) is 0. The SMILES string of the molecule is [c]1cnc(-c2ccncn2)nc1. The van der Waals surface area contributed by atoms with Gasteiger partial charge in [0, 0.05) is 24.7 Å². The molecule has 2 heterocycles. The Hall–Kier alpha value is -1.84. The van der Waals surface area contributed by atoms with E-state index < -0.39 is 0 Å². The van der Waals surface area contributed by atoms with Crippen LogP contribution in [0, 0.1) is 6.07 Å². The summed E-state index contributed by atoms with van der Waals surface area (Å²) in [5.41, 5.74) is 0.721. The third-order valence-electron chi connectivity index (χ3n) is 1.33. The minimum Gasteiger partial charge on any atom is -0.245 e. The van der Waals surface area contributed by atoms with Crippen LogP contribution in [0.4, 0.5) is 0 Å². The molecule has 57 valence electrons. The zero-order valence-electron chi connectivity index (χ0n) is 6.18. The van der Waals surface area contributed by atoms with E-state index in [-0.39, 0.29) is 0 Å². The zero-order chi connectivity index (χ0) is 8.23. The Morgan fingerprint density at radius 2 is 1.92 bits per heavy atom. The molecule has 0 aromatic carbocycles. The van der Waals surface area contributed by atoms with Gasteiger partial charge in [-0.25, -0.2) is 19.9 Å². The van der Waals surface area contributed by atoms with Gasteiger partial charge in [-0.15, -0.1) is 0 Å². The van der Waals surface area contributed by atoms with E-state index in [0.29, 0.717) is 5.82 Å². The van der Waals surface area contributed by atoms with Crippen molar-refractivity contribution in [3.05, 3.63) is 37.1 Å². The number of nitrogens with zero attached hydrogens (tertiary/aromatic N) is 4. The van der Waals surface area contributed by atoms with E-state index in [4.69, 9.17) is 0 Å². The maximum absolute atomic E-state index is 4.00. The maximum atomic E-state index is 4.00. The summed E-state index contributed by atoms with van der Waals surface area (Å²) >= 11 is 0. The maximum Gasteiger partial charge on any atom is 0.178 e. The van der Waals surface area contributed by atoms with E-state index in [9.17, 15) is 0 Å². The Bertz CT molecular complexity index is 308. The standard InChI is InChI=1S/C8H5N4/c1-3-10-8(11-4-1)7-2-5-9-6-12-7/h2-6H. The lowest BCUT2D eigenvalue weighted by molar-refractivity contribution is 1.10. The molecule has 2 aromatic heterocycles. The Kier molecular flexibility index (Phi) is 1.74. The van der Waals surface area contributed by atoms with E-state index in [0.717, 1.165) is 5.69 Å². The summed E-state index contributed by atoms with van der Waals surface area (Å²) in [5.74, 6) is 0.594. The van der Waals surface area contributed by atoms with Crippen LogP contribution < -0.4 is 0 Å². The summed E-state index contributed by atoms with van der Waals surface area (Å²) < 4.78 is 0. The summed E-state index contributed by atoms with van der Waals surface area (Å²) in [5, 5.41) is 0. The number of hydrogen-bond acceptors (Lipinski definition) is 4. The van der Waals surface area contributed by atoms with Crippen LogP contribution in [-0.2, 0) is 0 Å². The Morgan fingerprint density at radius 1 is 1.08 bits per heavy atom. The minimum atomic E-state index is 0.594. The lowest BCUT2D eigenvalue weighted by Crippen LogP contribution is -1.89. The van der Waals surface area contributed by atoms with Gasteiger partial charge < -0.3 is 0 Å². The largest absolute Gasteiger partial charge is 0.245 e. The van der Waals surface area contributed by atoms with Gasteiger partial charge in [0.15, 0.2) is 5.82 Å². The molecule has 0 aliphatic rings. The molecule has 0 bridgehead atoms. The van der Waals surface area contributed by atoms with Crippen molar-refractivity contribution in [1.29, 1.82) is 0 Å². The Labute approximate surface area is 69.4 Å². The highest BCUT2D eigenvalue weighted by Gasteiger charge is 1.97. The molecule has 0 atom stereocenters. The fraction of sp³-hybridized carbons (Fsp3) is 0. The number of aromatic nitrogens is 4. The topological polar surface area (TPSA) is 51.6 Å². The first-order valence-corrected chi connectivity index (χ1v) is 3.41. The monoisotopic (exact) mass is 157 g/mol. The quantitative estimate of drug-likeness (QED) is 0.612. The highest BCUT2D eigenvalue weighted by atomic mass is 14.9. The predicted octanol–water partition coefficient (Wildman–Crippen LogP) is 0.734. The molecular weight excluding hydrogens is 152 g/mol. The molecule has 0 amide bonds. The van der Waals surface area contributed by atoms with Gasteiger partial charge in [-0.2, -0.15) is 0 Å². The average Bonchev–Trinajstić information content (AvgIpc) is 2.21. The molecule has 1 radical (unpaired) electrons. The molecular formula is C8H5N4. The Morgan fingerprint density at radius 3 is 2.58 bits per heavy atom. The van der Waals surface area contributed by atoms with E-state index in [2.05, 4.69) is 26.0 Å². The normalized spacial score (nSPS) is 9.67. The summed E-state index contributed by atoms with van der Waals surface area (Å²) in [6.07, 6.45) is 6.24. The molecule has 2 rings (SSSR count). The molecule has 0 aliphatic carbocycles. The van der Waals surface area contributed by atoms with Gasteiger partial charge in [0.1, 0.15) is 12.0 Å². The summed E-state index contributed by atoms with van der Waals surface area (Å²) in [4.78, 5) is 15.8. The zero-order valence-corrected chi connectivity index (χ0v) is 6.18. The van der Waals surface area contributed by atoms with Crippen molar-refractivity contribution in [2.75, 3.05) is 0 Å². The molecule has 0 saturated carbocycles. The van der Waals surface area contributed by atoms with Gasteiger partial charge in [0.05, 0.1) is 0 Å². The summed E-state index contributed by atoms with van der Waals surface area (Å²) in [6.45, 7) is 0. The van der Waals surface area contributed by atoms with Crippen molar-refractivity contribution in [2.45, 2.75) is 0 Å². The van der Waals surface area contributed by atoms with Crippen LogP contribution in [0.2, 0.25) is 0 Å². The number of rotatable bonds is 1. The second-order valence-corrected chi connectivity index (χ2v) is 2.10. The second kappa shape index (κ2) is 3.04. The minimum absolute atomic E-state index is 0.594. The third kappa shape index (κ3) is 1.27. The molecule has 4 nitrogen and oxygen atoms in total. The van der Waals surface area contributed by atoms with Crippen LogP contribution >= 0.6 is 0 Å². The lowest BCUT2D eigenvalue weighted by atomic mass is 10.4. The highest BCUT2D eigenvalue weighted by Crippen LogP contribution is 2.06. The van der Waals surface area contributed by atoms with Crippen molar-refractivity contribution >= 4 is 0 Å². The van der Waals surface area contributed by atoms with E-state index >= 15 is 0 Å². The number of hydrogen-bond donors (Lipinski definition) is 0. The van der Waals surface area contributed by atoms with E-state index in [1.807, 2.05) is 0 Å². The van der Waals surface area contributed by atoms with Crippen LogP contribution in [-0.4, -0.2) is 19.9 Å². The van der Waals surface area contributed by atoms with Crippen LogP contribution in [0.3, 0.4) is 0 Å². The van der Waals surface area contributed by atoms with E-state index in [1.54, 1.807) is 24.7 Å². The van der Waals surface area contributed by atoms with Gasteiger partial charge in [-0.05, 0) is 6.07 Å². The van der Waals surface area contributed by atoms with Crippen molar-refractivity contribution in [2.24, 2.45) is 0 Å². The van der Waals surface area contributed by atoms with Gasteiger partial charge >= 0.3 is 0 Å². The molecule has 0 fully saturated rings. The third-order valence-corrected chi connectivity index (χ3v) is 1.33. The van der Waals surface area contributed by atoms with Crippen LogP contribution in [0.15, 0.2) is 31.0 Å². The van der Waals surface area contributed by atoms with Gasteiger partial charge in [-0.1, -0.05) is 0 Å². The molecule has 0 unspecified atom stereocenters. The van der Waals surface area contributed by atoms with Gasteiger partial charge in [-0.3, -0.25) is 0 Å². The predicted molar refractivity (Wildman–Crippen MR) is 41.9 cm³/mol. The average molecular weight is 157 g/mol. The van der Waals surface area contributed by atoms with Crippen LogP contribution in [0.5, 0.6) is 0 Å². The van der Waals surface area contributed by atoms with Crippen LogP contribution in [0.25, 0.3) is 11.5 Å². The molecule has 0 spiro atoms. The first-order valence-electron chi connectivity index (χ1n) is 3.41. The molecule has 0 aliphatic heterocycles. The fourth-order valence-corrected chi connectivity index (χ4v) is 0.819. The molecule has 0 N–H and O–H groups in total. The Balaban J connectivity index is 2.46. The first kappa shape index (κ1) is 6.84. The lowest BCUT2D eigenvalue weighted by Gasteiger charge is -1.94.